The Morgan fingerprint density at radius 2 is 1.41 bits per heavy atom. The van der Waals surface area contributed by atoms with Gasteiger partial charge in [0.1, 0.15) is 0 Å². The number of benzene rings is 2. The number of anilines is 1. The number of nitrogens with zero attached hydrogens (tertiary/aromatic N) is 1. The highest BCUT2D eigenvalue weighted by molar-refractivity contribution is 7.89. The van der Waals surface area contributed by atoms with E-state index in [1.165, 1.54) is 36.4 Å². The number of nitrogens with two attached hydrogens (primary N) is 3. The molecule has 13 heteroatoms. The SMILES string of the molecule is Cc1ccc(S(=O)(=O)O)cc1.NC(N)=NCCCCCCC(=O)Nc1ccc(S(N)(=O)=O)cc1. The van der Waals surface area contributed by atoms with Crippen molar-refractivity contribution in [2.45, 2.75) is 48.8 Å². The summed E-state index contributed by atoms with van der Waals surface area (Å²) in [4.78, 5) is 15.6. The number of guanidine groups is 1. The molecular formula is C21H31N5O6S2. The molecule has 188 valence electrons. The normalized spacial score (nSPS) is 11.1. The molecule has 0 unspecified atom stereocenters. The molecule has 0 aromatic heterocycles. The lowest BCUT2D eigenvalue weighted by molar-refractivity contribution is -0.116. The van der Waals surface area contributed by atoms with Crippen molar-refractivity contribution in [1.29, 1.82) is 0 Å². The molecule has 0 aliphatic rings. The summed E-state index contributed by atoms with van der Waals surface area (Å²) in [5, 5.41) is 7.71. The summed E-state index contributed by atoms with van der Waals surface area (Å²) in [6.07, 6.45) is 3.92. The zero-order valence-corrected chi connectivity index (χ0v) is 20.5. The van der Waals surface area contributed by atoms with E-state index in [1.807, 2.05) is 6.92 Å². The molecule has 0 aliphatic heterocycles. The maximum absolute atomic E-state index is 11.8. The van der Waals surface area contributed by atoms with Gasteiger partial charge in [-0.15, -0.1) is 0 Å². The molecule has 8 N–H and O–H groups in total. The van der Waals surface area contributed by atoms with E-state index in [-0.39, 0.29) is 21.7 Å². The van der Waals surface area contributed by atoms with Crippen molar-refractivity contribution in [2.75, 3.05) is 11.9 Å². The maximum atomic E-state index is 11.8. The third-order valence-corrected chi connectivity index (χ3v) is 6.19. The Balaban J connectivity index is 0.000000437. The Labute approximate surface area is 200 Å². The van der Waals surface area contributed by atoms with Crippen LogP contribution in [0, 0.1) is 6.92 Å². The minimum Gasteiger partial charge on any atom is -0.370 e. The zero-order valence-electron chi connectivity index (χ0n) is 18.8. The van der Waals surface area contributed by atoms with Crippen LogP contribution in [0.5, 0.6) is 0 Å². The topological polar surface area (TPSA) is 208 Å². The Hall–Kier alpha value is -3.00. The number of aryl methyl sites for hydroxylation is 1. The number of carbonyl (C=O) groups is 1. The summed E-state index contributed by atoms with van der Waals surface area (Å²) in [6, 6.07) is 11.7. The van der Waals surface area contributed by atoms with Crippen LogP contribution in [-0.2, 0) is 24.9 Å². The number of carbonyl (C=O) groups excluding carboxylic acids is 1. The quantitative estimate of drug-likeness (QED) is 0.136. The van der Waals surface area contributed by atoms with Crippen LogP contribution in [0.15, 0.2) is 63.3 Å². The van der Waals surface area contributed by atoms with Gasteiger partial charge in [-0.1, -0.05) is 30.5 Å². The van der Waals surface area contributed by atoms with Crippen LogP contribution in [0.4, 0.5) is 5.69 Å². The summed E-state index contributed by atoms with van der Waals surface area (Å²) in [5.74, 6) is -0.0181. The molecule has 0 atom stereocenters. The van der Waals surface area contributed by atoms with Crippen molar-refractivity contribution in [3.8, 4) is 0 Å². The van der Waals surface area contributed by atoms with E-state index in [1.54, 1.807) is 12.1 Å². The van der Waals surface area contributed by atoms with Gasteiger partial charge in [0.05, 0.1) is 9.79 Å². The molecular weight excluding hydrogens is 482 g/mol. The number of nitrogens with one attached hydrogen (secondary N) is 1. The fourth-order valence-electron chi connectivity index (χ4n) is 2.62. The van der Waals surface area contributed by atoms with Gasteiger partial charge in [0.15, 0.2) is 5.96 Å². The molecule has 0 saturated carbocycles. The summed E-state index contributed by atoms with van der Waals surface area (Å²) in [6.45, 7) is 2.44. The number of rotatable bonds is 10. The average molecular weight is 514 g/mol. The molecule has 2 aromatic carbocycles. The average Bonchev–Trinajstić information content (AvgIpc) is 2.72. The first kappa shape index (κ1) is 29.0. The minimum atomic E-state index is -4.02. The van der Waals surface area contributed by atoms with E-state index in [4.69, 9.17) is 21.2 Å². The van der Waals surface area contributed by atoms with Gasteiger partial charge < -0.3 is 16.8 Å². The number of aliphatic imine (C=N–C) groups is 1. The van der Waals surface area contributed by atoms with Gasteiger partial charge in [0.25, 0.3) is 10.1 Å². The predicted molar refractivity (Wildman–Crippen MR) is 131 cm³/mol. The lowest BCUT2D eigenvalue weighted by Gasteiger charge is -2.06. The Kier molecular flexibility index (Phi) is 11.7. The molecule has 1 amide bonds. The van der Waals surface area contributed by atoms with Crippen LogP contribution >= 0.6 is 0 Å². The summed E-state index contributed by atoms with van der Waals surface area (Å²) < 4.78 is 51.8. The summed E-state index contributed by atoms with van der Waals surface area (Å²) >= 11 is 0. The van der Waals surface area contributed by atoms with Gasteiger partial charge in [-0.3, -0.25) is 14.3 Å². The van der Waals surface area contributed by atoms with Crippen molar-refractivity contribution in [2.24, 2.45) is 21.6 Å². The highest BCUT2D eigenvalue weighted by Gasteiger charge is 2.08. The molecule has 11 nitrogen and oxygen atoms in total. The van der Waals surface area contributed by atoms with Crippen LogP contribution < -0.4 is 21.9 Å². The van der Waals surface area contributed by atoms with Gasteiger partial charge in [0, 0.05) is 18.7 Å². The molecule has 0 aliphatic carbocycles. The van der Waals surface area contributed by atoms with Crippen LogP contribution in [0.25, 0.3) is 0 Å². The highest BCUT2D eigenvalue weighted by atomic mass is 32.2. The van der Waals surface area contributed by atoms with E-state index >= 15 is 0 Å². The first-order valence-corrected chi connectivity index (χ1v) is 13.3. The largest absolute Gasteiger partial charge is 0.370 e. The number of hydrogen-bond acceptors (Lipinski definition) is 6. The van der Waals surface area contributed by atoms with Crippen molar-refractivity contribution in [3.63, 3.8) is 0 Å². The Morgan fingerprint density at radius 1 is 0.882 bits per heavy atom. The molecule has 0 bridgehead atoms. The van der Waals surface area contributed by atoms with Crippen LogP contribution in [0.1, 0.15) is 37.7 Å². The molecule has 0 spiro atoms. The van der Waals surface area contributed by atoms with E-state index in [0.717, 1.165) is 31.2 Å². The third kappa shape index (κ3) is 12.3. The second-order valence-electron chi connectivity index (χ2n) is 7.38. The summed E-state index contributed by atoms with van der Waals surface area (Å²) in [7, 11) is -7.74. The predicted octanol–water partition coefficient (Wildman–Crippen LogP) is 1.74. The number of primary sulfonamides is 1. The van der Waals surface area contributed by atoms with Crippen molar-refractivity contribution in [1.82, 2.24) is 0 Å². The fourth-order valence-corrected chi connectivity index (χ4v) is 3.62. The first-order chi connectivity index (χ1) is 15.8. The molecule has 0 fully saturated rings. The van der Waals surface area contributed by atoms with Crippen LogP contribution in [-0.4, -0.2) is 39.8 Å². The molecule has 0 heterocycles. The second kappa shape index (κ2) is 13.6. The van der Waals surface area contributed by atoms with E-state index < -0.39 is 20.1 Å². The number of hydrogen-bond donors (Lipinski definition) is 5. The highest BCUT2D eigenvalue weighted by Crippen LogP contribution is 2.13. The Bertz CT molecular complexity index is 1160. The van der Waals surface area contributed by atoms with Crippen LogP contribution in [0.3, 0.4) is 0 Å². The monoisotopic (exact) mass is 513 g/mol. The summed E-state index contributed by atoms with van der Waals surface area (Å²) in [5.41, 5.74) is 11.9. The second-order valence-corrected chi connectivity index (χ2v) is 10.4. The third-order valence-electron chi connectivity index (χ3n) is 4.39. The smallest absolute Gasteiger partial charge is 0.294 e. The number of amides is 1. The van der Waals surface area contributed by atoms with Crippen LogP contribution in [0.2, 0.25) is 0 Å². The van der Waals surface area contributed by atoms with Gasteiger partial charge in [-0.25, -0.2) is 13.6 Å². The standard InChI is InChI=1S/C14H23N5O3S.C7H8O3S/c15-14(16)18-10-4-2-1-3-5-13(20)19-11-6-8-12(9-7-11)23(17,21)22;1-6-2-4-7(5-3-6)11(8,9)10/h6-9H,1-5,10H2,(H,19,20)(H4,15,16,18)(H2,17,21,22);2-5H,1H3,(H,8,9,10). The van der Waals surface area contributed by atoms with Crippen molar-refractivity contribution >= 4 is 37.7 Å². The molecule has 34 heavy (non-hydrogen) atoms. The van der Waals surface area contributed by atoms with Crippen molar-refractivity contribution in [3.05, 3.63) is 54.1 Å². The molecule has 2 aromatic rings. The van der Waals surface area contributed by atoms with E-state index in [0.29, 0.717) is 18.7 Å². The first-order valence-electron chi connectivity index (χ1n) is 10.3. The zero-order chi connectivity index (χ0) is 25.8. The van der Waals surface area contributed by atoms with Gasteiger partial charge in [-0.05, 0) is 56.2 Å². The lowest BCUT2D eigenvalue weighted by atomic mass is 10.1. The van der Waals surface area contributed by atoms with E-state index in [2.05, 4.69) is 10.3 Å². The van der Waals surface area contributed by atoms with Crippen molar-refractivity contribution < 1.29 is 26.2 Å². The lowest BCUT2D eigenvalue weighted by Crippen LogP contribution is -2.22. The van der Waals surface area contributed by atoms with Gasteiger partial charge in [0.2, 0.25) is 15.9 Å². The van der Waals surface area contributed by atoms with Gasteiger partial charge >= 0.3 is 0 Å². The number of unbranched alkanes of at least 4 members (excludes halogenated alkanes) is 3. The number of sulfonamides is 1. The fraction of sp³-hybridized carbons (Fsp3) is 0.333. The Morgan fingerprint density at radius 3 is 1.91 bits per heavy atom. The molecule has 0 saturated heterocycles. The molecule has 0 radical (unpaired) electrons. The molecule has 2 rings (SSSR count). The maximum Gasteiger partial charge on any atom is 0.294 e. The van der Waals surface area contributed by atoms with E-state index in [9.17, 15) is 21.6 Å². The van der Waals surface area contributed by atoms with Gasteiger partial charge in [-0.2, -0.15) is 8.42 Å². The minimum absolute atomic E-state index is 0.0104.